The average Bonchev–Trinajstić information content (AvgIpc) is 3.19. The van der Waals surface area contributed by atoms with Gasteiger partial charge in [0.25, 0.3) is 11.6 Å². The van der Waals surface area contributed by atoms with Crippen molar-refractivity contribution in [1.29, 1.82) is 0 Å². The van der Waals surface area contributed by atoms with Crippen LogP contribution in [0.25, 0.3) is 0 Å². The number of hydrogen-bond acceptors (Lipinski definition) is 7. The standard InChI is InChI=1S/C21H21ClN6O4S/c1-3-27-18(11-23-20(30)15-7-5-4-6-13(15)2)25-26-21(27)33-12-19(29)24-17-10-14(28(31)32)8-9-16(17)22/h4-10H,3,11-12H2,1-2H3,(H,23,30)(H,24,29). The van der Waals surface area contributed by atoms with Gasteiger partial charge in [-0.2, -0.15) is 0 Å². The second-order valence-electron chi connectivity index (χ2n) is 6.90. The Hall–Kier alpha value is -3.44. The molecule has 0 atom stereocenters. The first-order valence-electron chi connectivity index (χ1n) is 9.92. The Balaban J connectivity index is 1.60. The molecule has 2 N–H and O–H groups in total. The molecule has 3 rings (SSSR count). The molecule has 0 bridgehead atoms. The van der Waals surface area contributed by atoms with Crippen molar-refractivity contribution in [2.75, 3.05) is 11.1 Å². The zero-order valence-electron chi connectivity index (χ0n) is 17.9. The van der Waals surface area contributed by atoms with Crippen LogP contribution in [0, 0.1) is 17.0 Å². The van der Waals surface area contributed by atoms with E-state index in [4.69, 9.17) is 11.6 Å². The van der Waals surface area contributed by atoms with E-state index in [1.54, 1.807) is 16.7 Å². The molecule has 0 unspecified atom stereocenters. The van der Waals surface area contributed by atoms with Crippen LogP contribution in [0.5, 0.6) is 0 Å². The first kappa shape index (κ1) is 24.2. The molecule has 0 aliphatic heterocycles. The van der Waals surface area contributed by atoms with Crippen LogP contribution >= 0.6 is 23.4 Å². The lowest BCUT2D eigenvalue weighted by molar-refractivity contribution is -0.384. The predicted molar refractivity (Wildman–Crippen MR) is 126 cm³/mol. The van der Waals surface area contributed by atoms with E-state index in [1.165, 1.54) is 18.2 Å². The van der Waals surface area contributed by atoms with E-state index in [1.807, 2.05) is 26.0 Å². The van der Waals surface area contributed by atoms with Crippen molar-refractivity contribution < 1.29 is 14.5 Å². The molecule has 0 saturated heterocycles. The number of nitro groups is 1. The van der Waals surface area contributed by atoms with Gasteiger partial charge in [-0.05, 0) is 31.5 Å². The van der Waals surface area contributed by atoms with Gasteiger partial charge in [-0.25, -0.2) is 0 Å². The summed E-state index contributed by atoms with van der Waals surface area (Å²) in [5, 5.41) is 25.3. The van der Waals surface area contributed by atoms with Crippen LogP contribution in [0.15, 0.2) is 47.6 Å². The fourth-order valence-electron chi connectivity index (χ4n) is 3.00. The number of aromatic nitrogens is 3. The minimum atomic E-state index is -0.566. The Morgan fingerprint density at radius 2 is 1.97 bits per heavy atom. The number of amides is 2. The van der Waals surface area contributed by atoms with Crippen LogP contribution in [-0.2, 0) is 17.9 Å². The van der Waals surface area contributed by atoms with Crippen LogP contribution in [0.3, 0.4) is 0 Å². The second-order valence-corrected chi connectivity index (χ2v) is 8.25. The topological polar surface area (TPSA) is 132 Å². The number of aryl methyl sites for hydroxylation is 1. The molecule has 2 aromatic carbocycles. The number of nitro benzene ring substituents is 1. The predicted octanol–water partition coefficient (Wildman–Crippen LogP) is 3.83. The molecule has 33 heavy (non-hydrogen) atoms. The van der Waals surface area contributed by atoms with Gasteiger partial charge < -0.3 is 15.2 Å². The molecule has 2 amide bonds. The van der Waals surface area contributed by atoms with Gasteiger partial charge in [0, 0.05) is 24.2 Å². The van der Waals surface area contributed by atoms with Gasteiger partial charge in [0.1, 0.15) is 0 Å². The average molecular weight is 489 g/mol. The molecular weight excluding hydrogens is 468 g/mol. The maximum absolute atomic E-state index is 12.4. The van der Waals surface area contributed by atoms with Crippen molar-refractivity contribution in [2.45, 2.75) is 32.1 Å². The monoisotopic (exact) mass is 488 g/mol. The highest BCUT2D eigenvalue weighted by Gasteiger charge is 2.16. The van der Waals surface area contributed by atoms with Crippen LogP contribution in [0.1, 0.15) is 28.7 Å². The zero-order chi connectivity index (χ0) is 24.0. The van der Waals surface area contributed by atoms with Crippen molar-refractivity contribution in [2.24, 2.45) is 0 Å². The van der Waals surface area contributed by atoms with E-state index in [0.717, 1.165) is 17.3 Å². The number of thioether (sulfide) groups is 1. The minimum absolute atomic E-state index is 0.00722. The molecule has 1 aromatic heterocycles. The summed E-state index contributed by atoms with van der Waals surface area (Å²) < 4.78 is 1.80. The van der Waals surface area contributed by atoms with Crippen molar-refractivity contribution >= 4 is 46.6 Å². The number of rotatable bonds is 9. The van der Waals surface area contributed by atoms with Crippen molar-refractivity contribution in [3.63, 3.8) is 0 Å². The lowest BCUT2D eigenvalue weighted by Crippen LogP contribution is -2.25. The van der Waals surface area contributed by atoms with Gasteiger partial charge in [-0.3, -0.25) is 19.7 Å². The Bertz CT molecular complexity index is 1200. The number of benzene rings is 2. The summed E-state index contributed by atoms with van der Waals surface area (Å²) in [7, 11) is 0. The van der Waals surface area contributed by atoms with Gasteiger partial charge >= 0.3 is 0 Å². The van der Waals surface area contributed by atoms with E-state index in [0.29, 0.717) is 23.1 Å². The lowest BCUT2D eigenvalue weighted by Gasteiger charge is -2.10. The zero-order valence-corrected chi connectivity index (χ0v) is 19.4. The van der Waals surface area contributed by atoms with Gasteiger partial charge in [0.05, 0.1) is 27.9 Å². The fourth-order valence-corrected chi connectivity index (χ4v) is 3.98. The maximum atomic E-state index is 12.4. The molecule has 1 heterocycles. The number of carbonyl (C=O) groups excluding carboxylic acids is 2. The number of halogens is 1. The SMILES string of the molecule is CCn1c(CNC(=O)c2ccccc2C)nnc1SCC(=O)Nc1cc([N+](=O)[O-])ccc1Cl. The van der Waals surface area contributed by atoms with Crippen molar-refractivity contribution in [1.82, 2.24) is 20.1 Å². The van der Waals surface area contributed by atoms with Gasteiger partial charge in [0.2, 0.25) is 5.91 Å². The molecular formula is C21H21ClN6O4S. The third-order valence-corrected chi connectivity index (χ3v) is 5.97. The van der Waals surface area contributed by atoms with E-state index in [2.05, 4.69) is 20.8 Å². The highest BCUT2D eigenvalue weighted by molar-refractivity contribution is 7.99. The normalized spacial score (nSPS) is 10.6. The Morgan fingerprint density at radius 1 is 1.21 bits per heavy atom. The molecule has 0 saturated carbocycles. The maximum Gasteiger partial charge on any atom is 0.271 e. The first-order valence-corrected chi connectivity index (χ1v) is 11.3. The molecule has 10 nitrogen and oxygen atoms in total. The summed E-state index contributed by atoms with van der Waals surface area (Å²) in [6.07, 6.45) is 0. The first-order chi connectivity index (χ1) is 15.8. The number of carbonyl (C=O) groups is 2. The Labute approximate surface area is 198 Å². The summed E-state index contributed by atoms with van der Waals surface area (Å²) in [5.41, 5.74) is 1.45. The molecule has 0 aliphatic rings. The molecule has 172 valence electrons. The minimum Gasteiger partial charge on any atom is -0.345 e. The quantitative estimate of drug-likeness (QED) is 0.265. The number of non-ortho nitro benzene ring substituents is 1. The third-order valence-electron chi connectivity index (χ3n) is 4.67. The van der Waals surface area contributed by atoms with E-state index in [-0.39, 0.29) is 34.6 Å². The van der Waals surface area contributed by atoms with Crippen molar-refractivity contribution in [3.8, 4) is 0 Å². The largest absolute Gasteiger partial charge is 0.345 e. The van der Waals surface area contributed by atoms with Crippen molar-refractivity contribution in [3.05, 3.63) is 74.6 Å². The van der Waals surface area contributed by atoms with E-state index in [9.17, 15) is 19.7 Å². The van der Waals surface area contributed by atoms with Crippen LogP contribution in [-0.4, -0.2) is 37.3 Å². The summed E-state index contributed by atoms with van der Waals surface area (Å²) >= 11 is 7.18. The van der Waals surface area contributed by atoms with Crippen LogP contribution in [0.2, 0.25) is 5.02 Å². The highest BCUT2D eigenvalue weighted by Crippen LogP contribution is 2.27. The van der Waals surface area contributed by atoms with Crippen LogP contribution in [0.4, 0.5) is 11.4 Å². The molecule has 0 spiro atoms. The smallest absolute Gasteiger partial charge is 0.271 e. The number of nitrogens with zero attached hydrogens (tertiary/aromatic N) is 4. The lowest BCUT2D eigenvalue weighted by atomic mass is 10.1. The van der Waals surface area contributed by atoms with Gasteiger partial charge in [-0.1, -0.05) is 41.6 Å². The fraction of sp³-hybridized carbons (Fsp3) is 0.238. The number of anilines is 1. The molecule has 0 aliphatic carbocycles. The number of nitrogens with one attached hydrogen (secondary N) is 2. The summed E-state index contributed by atoms with van der Waals surface area (Å²) in [6, 6.07) is 11.1. The molecule has 0 fully saturated rings. The van der Waals surface area contributed by atoms with Gasteiger partial charge in [-0.15, -0.1) is 10.2 Å². The highest BCUT2D eigenvalue weighted by atomic mass is 35.5. The molecule has 12 heteroatoms. The summed E-state index contributed by atoms with van der Waals surface area (Å²) in [4.78, 5) is 35.2. The van der Waals surface area contributed by atoms with Gasteiger partial charge in [0.15, 0.2) is 11.0 Å². The summed E-state index contributed by atoms with van der Waals surface area (Å²) in [5.74, 6) is -0.0556. The molecule has 0 radical (unpaired) electrons. The number of hydrogen-bond donors (Lipinski definition) is 2. The Kier molecular flexibility index (Phi) is 8.01. The third kappa shape index (κ3) is 6.08. The Morgan fingerprint density at radius 3 is 2.67 bits per heavy atom. The van der Waals surface area contributed by atoms with Crippen LogP contribution < -0.4 is 10.6 Å². The second kappa shape index (κ2) is 10.9. The summed E-state index contributed by atoms with van der Waals surface area (Å²) in [6.45, 7) is 4.50. The van der Waals surface area contributed by atoms with E-state index >= 15 is 0 Å². The van der Waals surface area contributed by atoms with E-state index < -0.39 is 10.8 Å². The molecule has 3 aromatic rings.